The maximum Gasteiger partial charge on any atom is 0.165 e. The summed E-state index contributed by atoms with van der Waals surface area (Å²) in [4.78, 5) is 0. The van der Waals surface area contributed by atoms with Gasteiger partial charge in [-0.2, -0.15) is 0 Å². The first kappa shape index (κ1) is 7.94. The largest absolute Gasteiger partial charge is 0.398 e. The molecule has 0 aliphatic carbocycles. The first-order chi connectivity index (χ1) is 5.16. The van der Waals surface area contributed by atoms with Crippen LogP contribution in [0.4, 0.5) is 14.5 Å². The minimum Gasteiger partial charge on any atom is -0.398 e. The van der Waals surface area contributed by atoms with Crippen molar-refractivity contribution < 1.29 is 8.78 Å². The number of rotatable bonds is 1. The van der Waals surface area contributed by atoms with Crippen molar-refractivity contribution in [2.24, 2.45) is 5.73 Å². The number of anilines is 1. The molecule has 60 valence electrons. The molecule has 1 aromatic carbocycles. The summed E-state index contributed by atoms with van der Waals surface area (Å²) < 4.78 is 25.2. The smallest absolute Gasteiger partial charge is 0.165 e. The Morgan fingerprint density at radius 1 is 1.27 bits per heavy atom. The van der Waals surface area contributed by atoms with Crippen molar-refractivity contribution in [2.45, 2.75) is 6.54 Å². The summed E-state index contributed by atoms with van der Waals surface area (Å²) in [6.07, 6.45) is 0. The lowest BCUT2D eigenvalue weighted by Crippen LogP contribution is -2.06. The second-order valence-electron chi connectivity index (χ2n) is 2.13. The van der Waals surface area contributed by atoms with Gasteiger partial charge in [0.25, 0.3) is 0 Å². The maximum atomic E-state index is 12.7. The summed E-state index contributed by atoms with van der Waals surface area (Å²) in [6, 6.07) is 2.27. The number of nitrogens with two attached hydrogens (primary N) is 2. The average molecular weight is 158 g/mol. The van der Waals surface area contributed by atoms with Gasteiger partial charge in [0.2, 0.25) is 0 Å². The van der Waals surface area contributed by atoms with Crippen LogP contribution in [0, 0.1) is 11.6 Å². The van der Waals surface area contributed by atoms with Gasteiger partial charge in [-0.05, 0) is 12.1 Å². The zero-order chi connectivity index (χ0) is 8.43. The average Bonchev–Trinajstić information content (AvgIpc) is 1.99. The fourth-order valence-corrected chi connectivity index (χ4v) is 0.815. The molecule has 0 radical (unpaired) electrons. The molecular weight excluding hydrogens is 150 g/mol. The Morgan fingerprint density at radius 2 is 1.91 bits per heavy atom. The van der Waals surface area contributed by atoms with Crippen LogP contribution in [-0.2, 0) is 6.54 Å². The molecule has 1 rings (SSSR count). The van der Waals surface area contributed by atoms with Crippen LogP contribution in [0.2, 0.25) is 0 Å². The van der Waals surface area contributed by atoms with Crippen molar-refractivity contribution in [3.05, 3.63) is 29.3 Å². The van der Waals surface area contributed by atoms with Gasteiger partial charge in [0, 0.05) is 17.8 Å². The summed E-state index contributed by atoms with van der Waals surface area (Å²) in [5.74, 6) is -1.87. The second kappa shape index (κ2) is 2.84. The highest BCUT2D eigenvalue weighted by molar-refractivity contribution is 5.47. The normalized spacial score (nSPS) is 10.1. The third-order valence-corrected chi connectivity index (χ3v) is 1.44. The van der Waals surface area contributed by atoms with Crippen LogP contribution in [-0.4, -0.2) is 0 Å². The monoisotopic (exact) mass is 158 g/mol. The number of nitrogen functional groups attached to an aromatic ring is 1. The molecule has 0 heterocycles. The fraction of sp³-hybridized carbons (Fsp3) is 0.143. The highest BCUT2D eigenvalue weighted by atomic mass is 19.2. The SMILES string of the molecule is NCc1c(N)ccc(F)c1F. The van der Waals surface area contributed by atoms with E-state index in [0.29, 0.717) is 0 Å². The minimum absolute atomic E-state index is 0.0324. The minimum atomic E-state index is -0.951. The van der Waals surface area contributed by atoms with Crippen molar-refractivity contribution in [3.8, 4) is 0 Å². The highest BCUT2D eigenvalue weighted by Gasteiger charge is 2.08. The van der Waals surface area contributed by atoms with E-state index < -0.39 is 11.6 Å². The predicted molar refractivity (Wildman–Crippen MR) is 38.7 cm³/mol. The van der Waals surface area contributed by atoms with Gasteiger partial charge in [0.05, 0.1) is 0 Å². The zero-order valence-electron chi connectivity index (χ0n) is 5.77. The third-order valence-electron chi connectivity index (χ3n) is 1.44. The van der Waals surface area contributed by atoms with E-state index in [1.807, 2.05) is 0 Å². The zero-order valence-corrected chi connectivity index (χ0v) is 5.77. The Balaban J connectivity index is 3.29. The third kappa shape index (κ3) is 1.30. The van der Waals surface area contributed by atoms with Gasteiger partial charge >= 0.3 is 0 Å². The van der Waals surface area contributed by atoms with Crippen LogP contribution in [0.5, 0.6) is 0 Å². The van der Waals surface area contributed by atoms with E-state index >= 15 is 0 Å². The fourth-order valence-electron chi connectivity index (χ4n) is 0.815. The lowest BCUT2D eigenvalue weighted by Gasteiger charge is -2.03. The molecule has 1 aromatic rings. The van der Waals surface area contributed by atoms with Gasteiger partial charge in [-0.25, -0.2) is 8.78 Å². The first-order valence-electron chi connectivity index (χ1n) is 3.09. The lowest BCUT2D eigenvalue weighted by molar-refractivity contribution is 0.500. The standard InChI is InChI=1S/C7H8F2N2/c8-5-1-2-6(11)4(3-10)7(5)9/h1-2H,3,10-11H2. The topological polar surface area (TPSA) is 52.0 Å². The first-order valence-corrected chi connectivity index (χ1v) is 3.09. The molecule has 0 amide bonds. The molecule has 4 heteroatoms. The van der Waals surface area contributed by atoms with Crippen molar-refractivity contribution in [3.63, 3.8) is 0 Å². The van der Waals surface area contributed by atoms with Crippen LogP contribution >= 0.6 is 0 Å². The van der Waals surface area contributed by atoms with Gasteiger partial charge in [-0.15, -0.1) is 0 Å². The summed E-state index contributed by atoms with van der Waals surface area (Å²) in [7, 11) is 0. The Morgan fingerprint density at radius 3 is 2.36 bits per heavy atom. The molecule has 0 bridgehead atoms. The van der Waals surface area contributed by atoms with Gasteiger partial charge in [0.1, 0.15) is 0 Å². The van der Waals surface area contributed by atoms with Gasteiger partial charge < -0.3 is 11.5 Å². The molecular formula is C7H8F2N2. The number of hydrogen-bond acceptors (Lipinski definition) is 2. The van der Waals surface area contributed by atoms with E-state index in [9.17, 15) is 8.78 Å². The Labute approximate surface area is 62.8 Å². The van der Waals surface area contributed by atoms with Crippen LogP contribution in [0.15, 0.2) is 12.1 Å². The van der Waals surface area contributed by atoms with Crippen LogP contribution in [0.1, 0.15) is 5.56 Å². The van der Waals surface area contributed by atoms with Crippen molar-refractivity contribution in [2.75, 3.05) is 5.73 Å². The molecule has 4 N–H and O–H groups in total. The van der Waals surface area contributed by atoms with E-state index in [0.717, 1.165) is 6.07 Å². The lowest BCUT2D eigenvalue weighted by atomic mass is 10.1. The second-order valence-corrected chi connectivity index (χ2v) is 2.13. The van der Waals surface area contributed by atoms with Crippen LogP contribution < -0.4 is 11.5 Å². The number of hydrogen-bond donors (Lipinski definition) is 2. The molecule has 0 saturated carbocycles. The van der Waals surface area contributed by atoms with E-state index in [-0.39, 0.29) is 17.8 Å². The van der Waals surface area contributed by atoms with Crippen molar-refractivity contribution in [1.29, 1.82) is 0 Å². The molecule has 11 heavy (non-hydrogen) atoms. The molecule has 0 atom stereocenters. The molecule has 0 spiro atoms. The summed E-state index contributed by atoms with van der Waals surface area (Å²) >= 11 is 0. The molecule has 0 aliphatic rings. The van der Waals surface area contributed by atoms with E-state index in [1.54, 1.807) is 0 Å². The van der Waals surface area contributed by atoms with E-state index in [4.69, 9.17) is 11.5 Å². The van der Waals surface area contributed by atoms with Gasteiger partial charge in [-0.3, -0.25) is 0 Å². The predicted octanol–water partition coefficient (Wildman–Crippen LogP) is 1.01. The van der Waals surface area contributed by atoms with Crippen molar-refractivity contribution in [1.82, 2.24) is 0 Å². The maximum absolute atomic E-state index is 12.7. The molecule has 0 saturated heterocycles. The van der Waals surface area contributed by atoms with Gasteiger partial charge in [-0.1, -0.05) is 0 Å². The van der Waals surface area contributed by atoms with E-state index in [2.05, 4.69) is 0 Å². The summed E-state index contributed by atoms with van der Waals surface area (Å²) in [5.41, 5.74) is 10.7. The molecule has 0 unspecified atom stereocenters. The Bertz CT molecular complexity index is 273. The number of halogens is 2. The van der Waals surface area contributed by atoms with Crippen LogP contribution in [0.25, 0.3) is 0 Å². The van der Waals surface area contributed by atoms with Crippen LogP contribution in [0.3, 0.4) is 0 Å². The molecule has 2 nitrogen and oxygen atoms in total. The Kier molecular flexibility index (Phi) is 2.05. The summed E-state index contributed by atoms with van der Waals surface area (Å²) in [6.45, 7) is -0.0879. The number of benzene rings is 1. The van der Waals surface area contributed by atoms with E-state index in [1.165, 1.54) is 6.07 Å². The molecule has 0 aromatic heterocycles. The van der Waals surface area contributed by atoms with Gasteiger partial charge in [0.15, 0.2) is 11.6 Å². The molecule has 0 fully saturated rings. The highest BCUT2D eigenvalue weighted by Crippen LogP contribution is 2.17. The van der Waals surface area contributed by atoms with Crippen molar-refractivity contribution >= 4 is 5.69 Å². The quantitative estimate of drug-likeness (QED) is 0.599. The Hall–Kier alpha value is -1.16. The summed E-state index contributed by atoms with van der Waals surface area (Å²) in [5, 5.41) is 0. The molecule has 0 aliphatic heterocycles.